The van der Waals surface area contributed by atoms with Crippen LogP contribution in [0.25, 0.3) is 10.9 Å². The lowest BCUT2D eigenvalue weighted by Crippen LogP contribution is -2.30. The third-order valence-electron chi connectivity index (χ3n) is 5.78. The molecule has 3 rings (SSSR count). The number of nitrogens with one attached hydrogen (secondary N) is 1. The molecule has 0 amide bonds. The molecule has 0 aliphatic rings. The van der Waals surface area contributed by atoms with E-state index in [1.165, 1.54) is 0 Å². The lowest BCUT2D eigenvalue weighted by atomic mass is 9.86. The van der Waals surface area contributed by atoms with Gasteiger partial charge in [-0.3, -0.25) is 4.79 Å². The largest absolute Gasteiger partial charge is 0.477 e. The van der Waals surface area contributed by atoms with Crippen LogP contribution in [0.5, 0.6) is 0 Å². The van der Waals surface area contributed by atoms with Crippen molar-refractivity contribution in [1.82, 2.24) is 4.57 Å². The lowest BCUT2D eigenvalue weighted by molar-refractivity contribution is -0.136. The number of carboxylic acids is 1. The number of alkyl halides is 3. The van der Waals surface area contributed by atoms with Crippen molar-refractivity contribution in [2.45, 2.75) is 39.5 Å². The van der Waals surface area contributed by atoms with Crippen molar-refractivity contribution in [3.05, 3.63) is 74.8 Å². The lowest BCUT2D eigenvalue weighted by Gasteiger charge is -2.33. The summed E-state index contributed by atoms with van der Waals surface area (Å²) in [4.78, 5) is 24.6. The fourth-order valence-corrected chi connectivity index (χ4v) is 3.89. The first-order valence-electron chi connectivity index (χ1n) is 10.6. The van der Waals surface area contributed by atoms with E-state index >= 15 is 0 Å². The topological polar surface area (TPSA) is 91.6 Å². The number of nitrogens with zero attached hydrogens (tertiary/aromatic N) is 1. The van der Waals surface area contributed by atoms with Crippen molar-refractivity contribution in [2.75, 3.05) is 11.9 Å². The van der Waals surface area contributed by atoms with E-state index in [9.17, 15) is 46.1 Å². The van der Waals surface area contributed by atoms with Crippen molar-refractivity contribution in [2.24, 2.45) is 5.41 Å². The number of aromatic nitrogens is 1. The van der Waals surface area contributed by atoms with Gasteiger partial charge in [0.15, 0.2) is 0 Å². The third-order valence-corrected chi connectivity index (χ3v) is 5.78. The summed E-state index contributed by atoms with van der Waals surface area (Å²) in [6, 6.07) is 1.17. The van der Waals surface area contributed by atoms with Crippen molar-refractivity contribution < 1.29 is 41.4 Å². The van der Waals surface area contributed by atoms with Crippen LogP contribution in [0.1, 0.15) is 48.3 Å². The average Bonchev–Trinajstić information content (AvgIpc) is 2.72. The van der Waals surface area contributed by atoms with Crippen LogP contribution in [0.15, 0.2) is 35.3 Å². The number of benzene rings is 2. The molecule has 0 bridgehead atoms. The van der Waals surface area contributed by atoms with Crippen molar-refractivity contribution in [3.8, 4) is 0 Å². The molecule has 0 aliphatic heterocycles. The minimum absolute atomic E-state index is 0.295. The third kappa shape index (κ3) is 5.18. The minimum atomic E-state index is -5.00. The molecule has 0 saturated heterocycles. The van der Waals surface area contributed by atoms with E-state index < -0.39 is 87.4 Å². The van der Waals surface area contributed by atoms with Gasteiger partial charge in [-0.1, -0.05) is 20.8 Å². The molecule has 0 fully saturated rings. The monoisotopic (exact) mass is 516 g/mol. The Hall–Kier alpha value is -3.54. The molecule has 3 aromatic rings. The maximum atomic E-state index is 14.0. The fourth-order valence-electron chi connectivity index (χ4n) is 3.89. The number of fused-ring (bicyclic) bond motifs is 1. The maximum absolute atomic E-state index is 14.0. The summed E-state index contributed by atoms with van der Waals surface area (Å²) in [7, 11) is 0. The summed E-state index contributed by atoms with van der Waals surface area (Å²) in [6.07, 6.45) is -4.12. The Morgan fingerprint density at radius 1 is 1.06 bits per heavy atom. The van der Waals surface area contributed by atoms with E-state index in [2.05, 4.69) is 5.32 Å². The highest BCUT2D eigenvalue weighted by molar-refractivity contribution is 5.94. The Kier molecular flexibility index (Phi) is 7.13. The van der Waals surface area contributed by atoms with Gasteiger partial charge in [0.25, 0.3) is 0 Å². The number of hydrogen-bond donors (Lipinski definition) is 3. The first kappa shape index (κ1) is 27.1. The normalized spacial score (nSPS) is 13.2. The second-order valence-electron chi connectivity index (χ2n) is 9.26. The fraction of sp³-hybridized carbons (Fsp3) is 0.333. The smallest absolute Gasteiger partial charge is 0.418 e. The van der Waals surface area contributed by atoms with Crippen LogP contribution in [-0.2, 0) is 12.7 Å². The number of aliphatic hydroxyl groups is 1. The molecule has 1 unspecified atom stereocenters. The van der Waals surface area contributed by atoms with Gasteiger partial charge < -0.3 is 20.1 Å². The SMILES string of the molecule is CC(C)(C)C(CO)n1cc(C(=O)O)c(=O)c2cc(NCc3c(F)cc(F)cc3F)c(C(F)(F)F)cc21. The van der Waals surface area contributed by atoms with Gasteiger partial charge in [-0.15, -0.1) is 0 Å². The zero-order chi connectivity index (χ0) is 27.2. The number of carbonyl (C=O) groups is 1. The van der Waals surface area contributed by atoms with Crippen LogP contribution < -0.4 is 10.7 Å². The molecule has 0 spiro atoms. The highest BCUT2D eigenvalue weighted by Gasteiger charge is 2.36. The van der Waals surface area contributed by atoms with Crippen LogP contribution in [-0.4, -0.2) is 27.4 Å². The molecule has 3 N–H and O–H groups in total. The van der Waals surface area contributed by atoms with E-state index in [1.807, 2.05) is 0 Å². The zero-order valence-electron chi connectivity index (χ0n) is 19.3. The summed E-state index contributed by atoms with van der Waals surface area (Å²) >= 11 is 0. The van der Waals surface area contributed by atoms with E-state index in [1.54, 1.807) is 20.8 Å². The standard InChI is InChI=1S/C24H22F6N2O4/c1-23(2,3)20(10-33)32-9-14(22(35)36)21(34)12-6-18(15(7-19(12)32)24(28,29)30)31-8-13-16(26)4-11(25)5-17(13)27/h4-7,9,20,31,33H,8,10H2,1-3H3,(H,35,36). The molecule has 1 heterocycles. The Morgan fingerprint density at radius 3 is 2.11 bits per heavy atom. The number of halogens is 6. The van der Waals surface area contributed by atoms with Gasteiger partial charge in [0, 0.05) is 41.5 Å². The number of hydrogen-bond acceptors (Lipinski definition) is 4. The quantitative estimate of drug-likeness (QED) is 0.386. The predicted octanol–water partition coefficient (Wildman–Crippen LogP) is 5.33. The molecule has 6 nitrogen and oxygen atoms in total. The summed E-state index contributed by atoms with van der Waals surface area (Å²) in [5.74, 6) is -5.51. The number of anilines is 1. The molecule has 194 valence electrons. The number of carboxylic acid groups (broad SMARTS) is 1. The van der Waals surface area contributed by atoms with Crippen molar-refractivity contribution in [3.63, 3.8) is 0 Å². The predicted molar refractivity (Wildman–Crippen MR) is 119 cm³/mol. The maximum Gasteiger partial charge on any atom is 0.418 e. The Balaban J connectivity index is 2.31. The number of aliphatic hydroxyl groups excluding tert-OH is 1. The molecular formula is C24H22F6N2O4. The van der Waals surface area contributed by atoms with Gasteiger partial charge in [0.2, 0.25) is 5.43 Å². The first-order chi connectivity index (χ1) is 16.6. The molecule has 2 aromatic carbocycles. The van der Waals surface area contributed by atoms with E-state index in [-0.39, 0.29) is 5.52 Å². The van der Waals surface area contributed by atoms with Crippen LogP contribution in [0.4, 0.5) is 32.0 Å². The number of aromatic carboxylic acids is 1. The molecule has 0 aliphatic carbocycles. The van der Waals surface area contributed by atoms with Crippen LogP contribution >= 0.6 is 0 Å². The Morgan fingerprint density at radius 2 is 1.64 bits per heavy atom. The highest BCUT2D eigenvalue weighted by Crippen LogP contribution is 2.39. The summed E-state index contributed by atoms with van der Waals surface area (Å²) < 4.78 is 84.3. The summed E-state index contributed by atoms with van der Waals surface area (Å²) in [6.45, 7) is 3.60. The van der Waals surface area contributed by atoms with Gasteiger partial charge >= 0.3 is 12.1 Å². The first-order valence-corrected chi connectivity index (χ1v) is 10.6. The van der Waals surface area contributed by atoms with Gasteiger partial charge in [0.05, 0.1) is 23.7 Å². The van der Waals surface area contributed by atoms with E-state index in [0.29, 0.717) is 18.2 Å². The molecular weight excluding hydrogens is 494 g/mol. The van der Waals surface area contributed by atoms with Crippen molar-refractivity contribution in [1.29, 1.82) is 0 Å². The molecule has 0 saturated carbocycles. The van der Waals surface area contributed by atoms with E-state index in [0.717, 1.165) is 16.8 Å². The molecule has 36 heavy (non-hydrogen) atoms. The highest BCUT2D eigenvalue weighted by atomic mass is 19.4. The number of pyridine rings is 1. The minimum Gasteiger partial charge on any atom is -0.477 e. The Bertz CT molecular complexity index is 1370. The Labute approximate surface area is 200 Å². The zero-order valence-corrected chi connectivity index (χ0v) is 19.3. The van der Waals surface area contributed by atoms with Crippen LogP contribution in [0.3, 0.4) is 0 Å². The molecule has 1 atom stereocenters. The van der Waals surface area contributed by atoms with Crippen LogP contribution in [0, 0.1) is 22.9 Å². The second kappa shape index (κ2) is 9.49. The van der Waals surface area contributed by atoms with Gasteiger partial charge in [-0.25, -0.2) is 18.0 Å². The van der Waals surface area contributed by atoms with Crippen molar-refractivity contribution >= 4 is 22.6 Å². The number of rotatable bonds is 6. The van der Waals surface area contributed by atoms with Crippen LogP contribution in [0.2, 0.25) is 0 Å². The summed E-state index contributed by atoms with van der Waals surface area (Å²) in [5.41, 5.74) is -5.69. The van der Waals surface area contributed by atoms with Gasteiger partial charge in [-0.2, -0.15) is 13.2 Å². The molecule has 12 heteroatoms. The van der Waals surface area contributed by atoms with Gasteiger partial charge in [0.1, 0.15) is 23.0 Å². The van der Waals surface area contributed by atoms with Gasteiger partial charge in [-0.05, 0) is 17.5 Å². The molecule has 1 aromatic heterocycles. The van der Waals surface area contributed by atoms with E-state index in [4.69, 9.17) is 0 Å². The average molecular weight is 516 g/mol. The summed E-state index contributed by atoms with van der Waals surface area (Å²) in [5, 5.41) is 21.3. The second-order valence-corrected chi connectivity index (χ2v) is 9.26. The molecule has 0 radical (unpaired) electrons.